The molecule has 1 aromatic heterocycles. The number of nitrogens with zero attached hydrogens (tertiary/aromatic N) is 2. The quantitative estimate of drug-likeness (QED) is 0.875. The summed E-state index contributed by atoms with van der Waals surface area (Å²) in [4.78, 5) is 28.1. The molecule has 0 radical (unpaired) electrons. The fraction of sp³-hybridized carbons (Fsp3) is 0.417. The molecule has 0 saturated carbocycles. The van der Waals surface area contributed by atoms with Crippen molar-refractivity contribution < 1.29 is 27.9 Å². The molecule has 2 N–H and O–H groups in total. The lowest BCUT2D eigenvalue weighted by Gasteiger charge is -2.28. The van der Waals surface area contributed by atoms with Crippen LogP contribution in [0.15, 0.2) is 18.3 Å². The molecule has 0 saturated heterocycles. The highest BCUT2D eigenvalue weighted by Gasteiger charge is 2.58. The Balaban J connectivity index is 3.01. The fourth-order valence-electron chi connectivity index (χ4n) is 1.33. The molecule has 9 heteroatoms. The standard InChI is InChI=1S/C12H14F3N3O3/c1-11(10(20)21,12(13,14)15)17-9(19)7-4-5-8(16-6-7)18(2)3/h4-6H,1-3H3,(H,17,19)(H,20,21). The summed E-state index contributed by atoms with van der Waals surface area (Å²) in [6.07, 6.45) is -4.06. The number of rotatable bonds is 4. The van der Waals surface area contributed by atoms with Gasteiger partial charge in [-0.25, -0.2) is 9.78 Å². The zero-order chi connectivity index (χ0) is 16.4. The van der Waals surface area contributed by atoms with Crippen LogP contribution in [-0.4, -0.2) is 47.8 Å². The molecule has 0 fully saturated rings. The summed E-state index contributed by atoms with van der Waals surface area (Å²) in [6.45, 7) is 0.384. The van der Waals surface area contributed by atoms with Gasteiger partial charge in [0.2, 0.25) is 5.54 Å². The molecule has 1 rings (SSSR count). The lowest BCUT2D eigenvalue weighted by molar-refractivity contribution is -0.203. The first kappa shape index (κ1) is 16.7. The Hall–Kier alpha value is -2.32. The van der Waals surface area contributed by atoms with E-state index in [1.807, 2.05) is 0 Å². The zero-order valence-electron chi connectivity index (χ0n) is 11.5. The van der Waals surface area contributed by atoms with Crippen LogP contribution in [0.1, 0.15) is 17.3 Å². The molecule has 0 aliphatic rings. The van der Waals surface area contributed by atoms with Gasteiger partial charge in [0.25, 0.3) is 5.91 Å². The highest BCUT2D eigenvalue weighted by molar-refractivity contribution is 5.98. The predicted molar refractivity (Wildman–Crippen MR) is 68.1 cm³/mol. The number of carbonyl (C=O) groups is 2. The van der Waals surface area contributed by atoms with Crippen molar-refractivity contribution in [2.24, 2.45) is 0 Å². The summed E-state index contributed by atoms with van der Waals surface area (Å²) >= 11 is 0. The molecule has 0 aliphatic carbocycles. The van der Waals surface area contributed by atoms with Gasteiger partial charge < -0.3 is 15.3 Å². The topological polar surface area (TPSA) is 82.5 Å². The van der Waals surface area contributed by atoms with Crippen LogP contribution in [0.2, 0.25) is 0 Å². The minimum Gasteiger partial charge on any atom is -0.479 e. The molecular formula is C12H14F3N3O3. The first-order valence-corrected chi connectivity index (χ1v) is 5.75. The number of aliphatic carboxylic acids is 1. The average Bonchev–Trinajstić information content (AvgIpc) is 2.37. The van der Waals surface area contributed by atoms with Gasteiger partial charge >= 0.3 is 12.1 Å². The third-order valence-corrected chi connectivity index (χ3v) is 2.83. The molecule has 1 amide bonds. The Labute approximate surface area is 118 Å². The number of carboxylic acid groups (broad SMARTS) is 1. The molecule has 1 heterocycles. The number of carbonyl (C=O) groups excluding carboxylic acids is 1. The van der Waals surface area contributed by atoms with Crippen LogP contribution in [0, 0.1) is 0 Å². The molecule has 6 nitrogen and oxygen atoms in total. The van der Waals surface area contributed by atoms with E-state index in [-0.39, 0.29) is 5.56 Å². The van der Waals surface area contributed by atoms with Crippen molar-refractivity contribution in [1.82, 2.24) is 10.3 Å². The number of carboxylic acids is 1. The summed E-state index contributed by atoms with van der Waals surface area (Å²) in [7, 11) is 3.40. The second kappa shape index (κ2) is 5.58. The van der Waals surface area contributed by atoms with Gasteiger partial charge in [-0.15, -0.1) is 0 Å². The summed E-state index contributed by atoms with van der Waals surface area (Å²) in [5.41, 5.74) is -3.54. The van der Waals surface area contributed by atoms with Crippen molar-refractivity contribution in [2.75, 3.05) is 19.0 Å². The van der Waals surface area contributed by atoms with E-state index in [4.69, 9.17) is 5.11 Å². The molecule has 0 aromatic carbocycles. The van der Waals surface area contributed by atoms with E-state index in [2.05, 4.69) is 4.98 Å². The summed E-state index contributed by atoms with van der Waals surface area (Å²) in [5, 5.41) is 10.2. The monoisotopic (exact) mass is 305 g/mol. The molecular weight excluding hydrogens is 291 g/mol. The Morgan fingerprint density at radius 2 is 1.86 bits per heavy atom. The number of alkyl halides is 3. The van der Waals surface area contributed by atoms with E-state index in [1.54, 1.807) is 19.0 Å². The third-order valence-electron chi connectivity index (χ3n) is 2.83. The van der Waals surface area contributed by atoms with E-state index in [9.17, 15) is 22.8 Å². The first-order valence-electron chi connectivity index (χ1n) is 5.75. The second-order valence-electron chi connectivity index (χ2n) is 4.68. The number of aromatic nitrogens is 1. The van der Waals surface area contributed by atoms with Crippen molar-refractivity contribution in [1.29, 1.82) is 0 Å². The Morgan fingerprint density at radius 3 is 2.19 bits per heavy atom. The molecule has 1 unspecified atom stereocenters. The smallest absolute Gasteiger partial charge is 0.422 e. The number of anilines is 1. The van der Waals surface area contributed by atoms with Crippen LogP contribution in [-0.2, 0) is 4.79 Å². The number of nitrogens with one attached hydrogen (secondary N) is 1. The van der Waals surface area contributed by atoms with E-state index in [0.29, 0.717) is 12.7 Å². The summed E-state index contributed by atoms with van der Waals surface area (Å²) in [5.74, 6) is -2.86. The minimum absolute atomic E-state index is 0.169. The number of halogens is 3. The van der Waals surface area contributed by atoms with Crippen molar-refractivity contribution in [3.63, 3.8) is 0 Å². The van der Waals surface area contributed by atoms with Crippen LogP contribution in [0.4, 0.5) is 19.0 Å². The zero-order valence-corrected chi connectivity index (χ0v) is 11.5. The van der Waals surface area contributed by atoms with Crippen molar-refractivity contribution in [2.45, 2.75) is 18.6 Å². The maximum absolute atomic E-state index is 12.8. The molecule has 21 heavy (non-hydrogen) atoms. The molecule has 0 aliphatic heterocycles. The lowest BCUT2D eigenvalue weighted by atomic mass is 10.0. The number of hydrogen-bond donors (Lipinski definition) is 2. The van der Waals surface area contributed by atoms with E-state index < -0.39 is 23.6 Å². The SMILES string of the molecule is CN(C)c1ccc(C(=O)NC(C)(C(=O)O)C(F)(F)F)cn1. The van der Waals surface area contributed by atoms with Gasteiger partial charge in [-0.05, 0) is 19.1 Å². The Morgan fingerprint density at radius 1 is 1.29 bits per heavy atom. The molecule has 0 bridgehead atoms. The Bertz CT molecular complexity index is 543. The molecule has 0 spiro atoms. The van der Waals surface area contributed by atoms with Gasteiger partial charge in [0.1, 0.15) is 5.82 Å². The number of pyridine rings is 1. The number of amides is 1. The van der Waals surface area contributed by atoms with Crippen LogP contribution >= 0.6 is 0 Å². The highest BCUT2D eigenvalue weighted by Crippen LogP contribution is 2.30. The van der Waals surface area contributed by atoms with Gasteiger partial charge in [-0.1, -0.05) is 0 Å². The minimum atomic E-state index is -5.13. The third kappa shape index (κ3) is 3.41. The molecule has 1 aromatic rings. The van der Waals surface area contributed by atoms with Crippen LogP contribution in [0.25, 0.3) is 0 Å². The van der Waals surface area contributed by atoms with Crippen molar-refractivity contribution in [3.8, 4) is 0 Å². The maximum Gasteiger partial charge on any atom is 0.422 e. The van der Waals surface area contributed by atoms with Gasteiger partial charge in [-0.3, -0.25) is 4.79 Å². The summed E-state index contributed by atoms with van der Waals surface area (Å²) < 4.78 is 38.3. The Kier molecular flexibility index (Phi) is 4.45. The normalized spacial score (nSPS) is 14.2. The predicted octanol–water partition coefficient (Wildman–Crippen LogP) is 1.28. The van der Waals surface area contributed by atoms with Crippen LogP contribution in [0.3, 0.4) is 0 Å². The highest BCUT2D eigenvalue weighted by atomic mass is 19.4. The lowest BCUT2D eigenvalue weighted by Crippen LogP contribution is -2.61. The van der Waals surface area contributed by atoms with E-state index in [0.717, 1.165) is 6.20 Å². The fourth-order valence-corrected chi connectivity index (χ4v) is 1.33. The van der Waals surface area contributed by atoms with E-state index in [1.165, 1.54) is 17.4 Å². The van der Waals surface area contributed by atoms with Crippen molar-refractivity contribution >= 4 is 17.7 Å². The summed E-state index contributed by atoms with van der Waals surface area (Å²) in [6, 6.07) is 2.69. The van der Waals surface area contributed by atoms with Crippen LogP contribution < -0.4 is 10.2 Å². The molecule has 1 atom stereocenters. The van der Waals surface area contributed by atoms with Crippen LogP contribution in [0.5, 0.6) is 0 Å². The van der Waals surface area contributed by atoms with Gasteiger partial charge in [0, 0.05) is 20.3 Å². The number of hydrogen-bond acceptors (Lipinski definition) is 4. The second-order valence-corrected chi connectivity index (χ2v) is 4.68. The molecule has 116 valence electrons. The average molecular weight is 305 g/mol. The van der Waals surface area contributed by atoms with Gasteiger partial charge in [-0.2, -0.15) is 13.2 Å². The first-order chi connectivity index (χ1) is 9.49. The van der Waals surface area contributed by atoms with Crippen molar-refractivity contribution in [3.05, 3.63) is 23.9 Å². The van der Waals surface area contributed by atoms with E-state index >= 15 is 0 Å². The maximum atomic E-state index is 12.8. The van der Waals surface area contributed by atoms with Gasteiger partial charge in [0.15, 0.2) is 0 Å². The van der Waals surface area contributed by atoms with Gasteiger partial charge in [0.05, 0.1) is 5.56 Å². The largest absolute Gasteiger partial charge is 0.479 e.